The summed E-state index contributed by atoms with van der Waals surface area (Å²) in [5.74, 6) is 1.41. The second-order valence-electron chi connectivity index (χ2n) is 13.2. The van der Waals surface area contributed by atoms with Gasteiger partial charge in [-0.1, -0.05) is 80.6 Å². The van der Waals surface area contributed by atoms with Gasteiger partial charge in [0.25, 0.3) is 11.8 Å². The number of likely N-dealkylation sites (tertiary alicyclic amines) is 2. The van der Waals surface area contributed by atoms with Crippen LogP contribution in [0.25, 0.3) is 33.3 Å². The second-order valence-corrected chi connectivity index (χ2v) is 13.2. The van der Waals surface area contributed by atoms with Crippen molar-refractivity contribution < 1.29 is 14.3 Å². The van der Waals surface area contributed by atoms with Crippen LogP contribution in [0.4, 0.5) is 5.69 Å². The predicted molar refractivity (Wildman–Crippen MR) is 196 cm³/mol. The predicted octanol–water partition coefficient (Wildman–Crippen LogP) is 8.24. The Hall–Kier alpha value is -5.37. The number of carbonyl (C=O) groups excluding carboxylic acids is 2. The lowest BCUT2D eigenvalue weighted by Crippen LogP contribution is -2.38. The summed E-state index contributed by atoms with van der Waals surface area (Å²) in [4.78, 5) is 38.5. The van der Waals surface area contributed by atoms with Crippen molar-refractivity contribution in [2.24, 2.45) is 11.8 Å². The summed E-state index contributed by atoms with van der Waals surface area (Å²) in [7, 11) is 0. The van der Waals surface area contributed by atoms with Crippen LogP contribution in [-0.4, -0.2) is 69.2 Å². The molecule has 0 atom stereocenters. The van der Waals surface area contributed by atoms with Crippen LogP contribution in [0.1, 0.15) is 60.5 Å². The molecule has 0 saturated carbocycles. The quantitative estimate of drug-likeness (QED) is 0.0825. The van der Waals surface area contributed by atoms with Gasteiger partial charge in [0.05, 0.1) is 11.4 Å². The topological polar surface area (TPSA) is 92.5 Å². The van der Waals surface area contributed by atoms with Crippen LogP contribution in [0.2, 0.25) is 0 Å². The molecule has 2 aliphatic heterocycles. The van der Waals surface area contributed by atoms with Crippen molar-refractivity contribution in [1.82, 2.24) is 19.8 Å². The van der Waals surface area contributed by atoms with Gasteiger partial charge in [0.15, 0.2) is 0 Å². The fraction of sp³-hybridized carbons (Fsp3) is 0.293. The van der Waals surface area contributed by atoms with E-state index in [2.05, 4.69) is 49.8 Å². The Kier molecular flexibility index (Phi) is 10.4. The van der Waals surface area contributed by atoms with Crippen molar-refractivity contribution in [3.63, 3.8) is 0 Å². The molecule has 2 aliphatic rings. The SMILES string of the molecule is C=[N+]([O-])c1cccc(-c2cccc(C(=O)N3CCC(C)CC3)n2)c1.CC1CCN(C(=O)c2cccc(-c3cccc4ccccc34)n2)CC1. The highest BCUT2D eigenvalue weighted by Gasteiger charge is 2.24. The standard InChI is InChI=1S/C22H22N2O.C19H21N3O2/c1-16-12-14-24(15-13-16)22(25)21-11-5-10-20(23-21)19-9-4-7-17-6-2-3-8-18(17)19;1-14-9-11-22(12-10-14)19(23)18-8-4-7-17(20-18)15-5-3-6-16(13-15)21(2)24/h2-11,16H,12-15H2,1H3;3-8,13-14H,2,9-12H2,1H3. The summed E-state index contributed by atoms with van der Waals surface area (Å²) in [6.45, 7) is 11.1. The van der Waals surface area contributed by atoms with Crippen LogP contribution in [0, 0.1) is 17.0 Å². The van der Waals surface area contributed by atoms with Gasteiger partial charge >= 0.3 is 0 Å². The maximum absolute atomic E-state index is 12.8. The molecular formula is C41H43N5O3. The first kappa shape index (κ1) is 33.5. The van der Waals surface area contributed by atoms with E-state index in [4.69, 9.17) is 4.98 Å². The molecule has 2 aromatic heterocycles. The van der Waals surface area contributed by atoms with Crippen LogP contribution in [-0.2, 0) is 0 Å². The number of nitrogens with zero attached hydrogens (tertiary/aromatic N) is 5. The van der Waals surface area contributed by atoms with E-state index >= 15 is 0 Å². The number of hydrogen-bond acceptors (Lipinski definition) is 5. The van der Waals surface area contributed by atoms with Crippen LogP contribution in [0.15, 0.2) is 103 Å². The molecule has 3 aromatic carbocycles. The molecule has 0 unspecified atom stereocenters. The summed E-state index contributed by atoms with van der Waals surface area (Å²) >= 11 is 0. The number of benzene rings is 3. The normalized spacial score (nSPS) is 15.4. The Bertz CT molecular complexity index is 1950. The molecule has 4 heterocycles. The molecule has 0 bridgehead atoms. The van der Waals surface area contributed by atoms with Crippen molar-refractivity contribution in [3.8, 4) is 22.5 Å². The summed E-state index contributed by atoms with van der Waals surface area (Å²) in [5.41, 5.74) is 4.83. The maximum atomic E-state index is 12.8. The van der Waals surface area contributed by atoms with E-state index in [9.17, 15) is 14.8 Å². The fourth-order valence-corrected chi connectivity index (χ4v) is 6.43. The molecule has 2 fully saturated rings. The first-order chi connectivity index (χ1) is 23.8. The maximum Gasteiger partial charge on any atom is 0.272 e. The van der Waals surface area contributed by atoms with Crippen molar-refractivity contribution in [3.05, 3.63) is 120 Å². The van der Waals surface area contributed by atoms with E-state index < -0.39 is 0 Å². The highest BCUT2D eigenvalue weighted by molar-refractivity contribution is 5.97. The van der Waals surface area contributed by atoms with Gasteiger partial charge in [-0.05, 0) is 72.6 Å². The molecule has 5 aromatic rings. The Morgan fingerprint density at radius 3 is 1.80 bits per heavy atom. The Morgan fingerprint density at radius 1 is 0.673 bits per heavy atom. The minimum absolute atomic E-state index is 0.0254. The van der Waals surface area contributed by atoms with E-state index in [0.29, 0.717) is 39.3 Å². The monoisotopic (exact) mass is 653 g/mol. The summed E-state index contributed by atoms with van der Waals surface area (Å²) < 4.78 is 0.563. The summed E-state index contributed by atoms with van der Waals surface area (Å²) in [5, 5.41) is 13.7. The number of hydrogen-bond donors (Lipinski definition) is 0. The van der Waals surface area contributed by atoms with Crippen LogP contribution in [0.3, 0.4) is 0 Å². The highest BCUT2D eigenvalue weighted by atomic mass is 16.5. The molecular weight excluding hydrogens is 610 g/mol. The average molecular weight is 654 g/mol. The molecule has 250 valence electrons. The molecule has 8 nitrogen and oxygen atoms in total. The average Bonchev–Trinajstić information content (AvgIpc) is 3.15. The van der Waals surface area contributed by atoms with Gasteiger partial charge in [-0.15, -0.1) is 0 Å². The third-order valence-electron chi connectivity index (χ3n) is 9.57. The minimum atomic E-state index is -0.0254. The molecule has 49 heavy (non-hydrogen) atoms. The Balaban J connectivity index is 0.000000170. The number of piperidine rings is 2. The van der Waals surface area contributed by atoms with Crippen molar-refractivity contribution in [1.29, 1.82) is 0 Å². The molecule has 2 amide bonds. The van der Waals surface area contributed by atoms with Gasteiger partial charge in [-0.2, -0.15) is 4.74 Å². The summed E-state index contributed by atoms with van der Waals surface area (Å²) in [6, 6.07) is 32.7. The Labute approximate surface area is 288 Å². The van der Waals surface area contributed by atoms with Crippen LogP contribution < -0.4 is 0 Å². The molecule has 0 spiro atoms. The zero-order valence-corrected chi connectivity index (χ0v) is 28.3. The van der Waals surface area contributed by atoms with Gasteiger partial charge in [0.1, 0.15) is 18.1 Å². The van der Waals surface area contributed by atoms with Crippen LogP contribution >= 0.6 is 0 Å². The number of pyridine rings is 2. The molecule has 8 heteroatoms. The van der Waals surface area contributed by atoms with Crippen molar-refractivity contribution in [2.45, 2.75) is 39.5 Å². The molecule has 0 N–H and O–H groups in total. The van der Waals surface area contributed by atoms with E-state index in [1.165, 1.54) is 5.39 Å². The number of amides is 2. The van der Waals surface area contributed by atoms with Gasteiger partial charge in [0, 0.05) is 49.4 Å². The zero-order chi connectivity index (χ0) is 34.3. The summed E-state index contributed by atoms with van der Waals surface area (Å²) in [6.07, 6.45) is 4.23. The Morgan fingerprint density at radius 2 is 1.18 bits per heavy atom. The number of aromatic nitrogens is 2. The number of rotatable bonds is 5. The zero-order valence-electron chi connectivity index (χ0n) is 28.3. The van der Waals surface area contributed by atoms with Gasteiger partial charge < -0.3 is 15.0 Å². The van der Waals surface area contributed by atoms with E-state index in [0.717, 1.165) is 74.1 Å². The van der Waals surface area contributed by atoms with Gasteiger partial charge in [-0.3, -0.25) is 9.59 Å². The first-order valence-corrected chi connectivity index (χ1v) is 17.2. The number of fused-ring (bicyclic) bond motifs is 1. The first-order valence-electron chi connectivity index (χ1n) is 17.2. The van der Waals surface area contributed by atoms with E-state index in [-0.39, 0.29) is 11.8 Å². The highest BCUT2D eigenvalue weighted by Crippen LogP contribution is 2.28. The van der Waals surface area contributed by atoms with Crippen molar-refractivity contribution >= 4 is 35.0 Å². The lowest BCUT2D eigenvalue weighted by atomic mass is 9.99. The number of carbonyl (C=O) groups is 2. The molecule has 2 saturated heterocycles. The van der Waals surface area contributed by atoms with E-state index in [1.54, 1.807) is 24.3 Å². The molecule has 7 rings (SSSR count). The van der Waals surface area contributed by atoms with Crippen LogP contribution in [0.5, 0.6) is 0 Å². The third-order valence-corrected chi connectivity index (χ3v) is 9.57. The molecule has 0 aliphatic carbocycles. The smallest absolute Gasteiger partial charge is 0.272 e. The van der Waals surface area contributed by atoms with Gasteiger partial charge in [-0.25, -0.2) is 9.97 Å². The second kappa shape index (κ2) is 15.2. The van der Waals surface area contributed by atoms with E-state index in [1.807, 2.05) is 64.4 Å². The fourth-order valence-electron chi connectivity index (χ4n) is 6.43. The van der Waals surface area contributed by atoms with Gasteiger partial charge in [0.2, 0.25) is 5.69 Å². The molecule has 0 radical (unpaired) electrons. The largest absolute Gasteiger partial charge is 0.619 e. The third kappa shape index (κ3) is 8.03. The lowest BCUT2D eigenvalue weighted by molar-refractivity contribution is -0.349. The lowest BCUT2D eigenvalue weighted by Gasteiger charge is -2.30. The minimum Gasteiger partial charge on any atom is -0.619 e. The van der Waals surface area contributed by atoms with Crippen molar-refractivity contribution in [2.75, 3.05) is 26.2 Å².